The molecule has 14 aromatic rings. The molecule has 70 heavy (non-hydrogen) atoms. The Kier molecular flexibility index (Phi) is 9.17. The van der Waals surface area contributed by atoms with Crippen LogP contribution in [0.5, 0.6) is 0 Å². The van der Waals surface area contributed by atoms with Crippen LogP contribution in [-0.4, -0.2) is 0 Å². The van der Waals surface area contributed by atoms with Gasteiger partial charge in [-0.1, -0.05) is 188 Å². The summed E-state index contributed by atoms with van der Waals surface area (Å²) in [4.78, 5) is 4.81. The molecule has 0 aliphatic carbocycles. The first-order valence-corrected chi connectivity index (χ1v) is 23.8. The van der Waals surface area contributed by atoms with E-state index in [9.17, 15) is 0 Å². The van der Waals surface area contributed by atoms with Crippen LogP contribution in [-0.2, 0) is 0 Å². The topological polar surface area (TPSA) is 32.8 Å². The van der Waals surface area contributed by atoms with E-state index in [1.165, 1.54) is 5.39 Å². The number of para-hydroxylation sites is 4. The molecule has 14 rings (SSSR count). The molecule has 4 nitrogen and oxygen atoms in total. The maximum atomic E-state index is 6.89. The highest BCUT2D eigenvalue weighted by Crippen LogP contribution is 2.51. The summed E-state index contributed by atoms with van der Waals surface area (Å²) >= 11 is 0. The summed E-state index contributed by atoms with van der Waals surface area (Å²) in [6.07, 6.45) is 0. The molecule has 12 aromatic carbocycles. The van der Waals surface area contributed by atoms with Gasteiger partial charge < -0.3 is 18.6 Å². The molecule has 0 unspecified atom stereocenters. The Hall–Kier alpha value is -9.38. The van der Waals surface area contributed by atoms with Crippen LogP contribution in [0.15, 0.2) is 264 Å². The first kappa shape index (κ1) is 39.8. The molecule has 0 aliphatic heterocycles. The molecular formula is C66H42N2O2. The van der Waals surface area contributed by atoms with E-state index in [0.717, 1.165) is 127 Å². The SMILES string of the molecule is c1ccc(-c2cc3c(-c4ccccc4)cc(N(c4cccc5ccccc45)c4cccc5c4oc4ccccc45)cc3cc2N(c2ccc3ccccc3c2)c2cccc3c2oc2ccccc23)cc1. The zero-order valence-electron chi connectivity index (χ0n) is 38.0. The maximum absolute atomic E-state index is 6.89. The molecule has 4 heteroatoms. The molecule has 0 bridgehead atoms. The van der Waals surface area contributed by atoms with Crippen LogP contribution < -0.4 is 9.80 Å². The van der Waals surface area contributed by atoms with Gasteiger partial charge in [-0.3, -0.25) is 0 Å². The number of hydrogen-bond donors (Lipinski definition) is 0. The van der Waals surface area contributed by atoms with Crippen LogP contribution >= 0.6 is 0 Å². The Morgan fingerprint density at radius 2 is 0.729 bits per heavy atom. The number of hydrogen-bond acceptors (Lipinski definition) is 4. The van der Waals surface area contributed by atoms with Gasteiger partial charge >= 0.3 is 0 Å². The summed E-state index contributed by atoms with van der Waals surface area (Å²) in [5.74, 6) is 0. The minimum absolute atomic E-state index is 0.829. The predicted octanol–water partition coefficient (Wildman–Crippen LogP) is 19.2. The summed E-state index contributed by atoms with van der Waals surface area (Å²) in [6.45, 7) is 0. The highest BCUT2D eigenvalue weighted by molar-refractivity contribution is 6.15. The van der Waals surface area contributed by atoms with E-state index in [4.69, 9.17) is 8.83 Å². The van der Waals surface area contributed by atoms with Crippen molar-refractivity contribution in [3.8, 4) is 22.3 Å². The molecule has 328 valence electrons. The third-order valence-corrected chi connectivity index (χ3v) is 14.0. The number of nitrogens with zero attached hydrogens (tertiary/aromatic N) is 2. The average molecular weight is 895 g/mol. The Bertz CT molecular complexity index is 4320. The van der Waals surface area contributed by atoms with Crippen molar-refractivity contribution in [1.29, 1.82) is 0 Å². The van der Waals surface area contributed by atoms with Crippen molar-refractivity contribution in [3.05, 3.63) is 255 Å². The fourth-order valence-electron chi connectivity index (χ4n) is 10.8. The van der Waals surface area contributed by atoms with Crippen molar-refractivity contribution in [2.75, 3.05) is 9.80 Å². The second-order valence-electron chi connectivity index (χ2n) is 18.0. The average Bonchev–Trinajstić information content (AvgIpc) is 4.01. The lowest BCUT2D eigenvalue weighted by molar-refractivity contribution is 0.669. The van der Waals surface area contributed by atoms with Crippen LogP contribution in [0.2, 0.25) is 0 Å². The van der Waals surface area contributed by atoms with Crippen LogP contribution in [0.4, 0.5) is 34.1 Å². The van der Waals surface area contributed by atoms with Crippen molar-refractivity contribution in [2.45, 2.75) is 0 Å². The van der Waals surface area contributed by atoms with Crippen LogP contribution in [0.25, 0.3) is 98.4 Å². The molecule has 0 spiro atoms. The minimum Gasteiger partial charge on any atom is -0.454 e. The fourth-order valence-corrected chi connectivity index (χ4v) is 10.8. The van der Waals surface area contributed by atoms with E-state index in [2.05, 4.69) is 252 Å². The van der Waals surface area contributed by atoms with Gasteiger partial charge in [-0.05, 0) is 110 Å². The second-order valence-corrected chi connectivity index (χ2v) is 18.0. The van der Waals surface area contributed by atoms with Crippen LogP contribution in [0, 0.1) is 0 Å². The third-order valence-electron chi connectivity index (χ3n) is 14.0. The van der Waals surface area contributed by atoms with Gasteiger partial charge in [-0.15, -0.1) is 0 Å². The van der Waals surface area contributed by atoms with E-state index in [1.807, 2.05) is 12.1 Å². The summed E-state index contributed by atoms with van der Waals surface area (Å²) in [7, 11) is 0. The zero-order chi connectivity index (χ0) is 46.1. The predicted molar refractivity (Wildman–Crippen MR) is 294 cm³/mol. The number of rotatable bonds is 8. The molecule has 0 aliphatic rings. The van der Waals surface area contributed by atoms with Crippen molar-refractivity contribution in [3.63, 3.8) is 0 Å². The lowest BCUT2D eigenvalue weighted by atomic mass is 9.91. The smallest absolute Gasteiger partial charge is 0.159 e. The first-order chi connectivity index (χ1) is 34.7. The van der Waals surface area contributed by atoms with E-state index in [1.54, 1.807) is 0 Å². The Labute approximate surface area is 404 Å². The van der Waals surface area contributed by atoms with Crippen molar-refractivity contribution in [2.24, 2.45) is 0 Å². The Morgan fingerprint density at radius 1 is 0.243 bits per heavy atom. The van der Waals surface area contributed by atoms with Crippen LogP contribution in [0.3, 0.4) is 0 Å². The molecule has 0 amide bonds. The van der Waals surface area contributed by atoms with Gasteiger partial charge in [0.2, 0.25) is 0 Å². The van der Waals surface area contributed by atoms with Crippen molar-refractivity contribution in [1.82, 2.24) is 0 Å². The number of anilines is 6. The molecular weight excluding hydrogens is 853 g/mol. The second kappa shape index (κ2) is 16.2. The minimum atomic E-state index is 0.829. The van der Waals surface area contributed by atoms with Crippen LogP contribution in [0.1, 0.15) is 0 Å². The summed E-state index contributed by atoms with van der Waals surface area (Å²) in [6, 6.07) is 91.4. The van der Waals surface area contributed by atoms with Gasteiger partial charge in [0.05, 0.1) is 22.7 Å². The fraction of sp³-hybridized carbons (Fsp3) is 0. The summed E-state index contributed by atoms with van der Waals surface area (Å²) in [5.41, 5.74) is 13.8. The molecule has 0 saturated carbocycles. The molecule has 0 fully saturated rings. The molecule has 0 N–H and O–H groups in total. The number of furan rings is 2. The molecule has 0 saturated heterocycles. The Balaban J connectivity index is 1.11. The number of benzene rings is 12. The van der Waals surface area contributed by atoms with Gasteiger partial charge in [-0.25, -0.2) is 0 Å². The highest BCUT2D eigenvalue weighted by Gasteiger charge is 2.26. The third kappa shape index (κ3) is 6.46. The van der Waals surface area contributed by atoms with Gasteiger partial charge in [0, 0.05) is 43.9 Å². The maximum Gasteiger partial charge on any atom is 0.159 e. The first-order valence-electron chi connectivity index (χ1n) is 23.8. The Morgan fingerprint density at radius 3 is 1.40 bits per heavy atom. The lowest BCUT2D eigenvalue weighted by Crippen LogP contribution is -2.13. The molecule has 0 radical (unpaired) electrons. The zero-order valence-corrected chi connectivity index (χ0v) is 38.0. The van der Waals surface area contributed by atoms with Gasteiger partial charge in [0.1, 0.15) is 11.2 Å². The summed E-state index contributed by atoms with van der Waals surface area (Å²) < 4.78 is 13.8. The van der Waals surface area contributed by atoms with Gasteiger partial charge in [0.25, 0.3) is 0 Å². The monoisotopic (exact) mass is 894 g/mol. The van der Waals surface area contributed by atoms with E-state index < -0.39 is 0 Å². The largest absolute Gasteiger partial charge is 0.454 e. The lowest BCUT2D eigenvalue weighted by Gasteiger charge is -2.30. The quantitative estimate of drug-likeness (QED) is 0.152. The van der Waals surface area contributed by atoms with E-state index >= 15 is 0 Å². The highest BCUT2D eigenvalue weighted by atomic mass is 16.3. The molecule has 0 atom stereocenters. The van der Waals surface area contributed by atoms with Gasteiger partial charge in [0.15, 0.2) is 11.2 Å². The normalized spacial score (nSPS) is 11.7. The van der Waals surface area contributed by atoms with Crippen molar-refractivity contribution >= 4 is 110 Å². The van der Waals surface area contributed by atoms with Crippen molar-refractivity contribution < 1.29 is 8.83 Å². The van der Waals surface area contributed by atoms with E-state index in [-0.39, 0.29) is 0 Å². The standard InChI is InChI=1S/C66H42N2O2/c1-3-19-45(20-4-1)56-41-50(68(59-31-15-25-44-23-9-10-26-51(44)59)61-33-17-30-55-53-28-12-14-35-64(53)70-66(55)61)39-48-40-62(58(42-57(48)56)46-21-5-2-6-22-46)67(49-37-36-43-18-7-8-24-47(43)38-49)60-32-16-29-54-52-27-11-13-34-63(52)69-65(54)60/h1-42H. The summed E-state index contributed by atoms with van der Waals surface area (Å²) in [5, 5.41) is 11.2. The van der Waals surface area contributed by atoms with E-state index in [0.29, 0.717) is 0 Å². The molecule has 2 heterocycles. The molecule has 2 aromatic heterocycles. The van der Waals surface area contributed by atoms with Gasteiger partial charge in [-0.2, -0.15) is 0 Å². The number of fused-ring (bicyclic) bond motifs is 9.